The number of hydrogen-bond acceptors (Lipinski definition) is 8. The number of aromatic nitrogens is 3. The summed E-state index contributed by atoms with van der Waals surface area (Å²) in [6.07, 6.45) is -1.44. The van der Waals surface area contributed by atoms with Gasteiger partial charge in [-0.15, -0.1) is 0 Å². The van der Waals surface area contributed by atoms with Gasteiger partial charge in [0.1, 0.15) is 5.71 Å². The summed E-state index contributed by atoms with van der Waals surface area (Å²) in [5, 5.41) is 10.1. The average Bonchev–Trinajstić information content (AvgIpc) is 3.80. The van der Waals surface area contributed by atoms with Crippen LogP contribution in [0.3, 0.4) is 0 Å². The van der Waals surface area contributed by atoms with Crippen molar-refractivity contribution in [2.75, 3.05) is 51.8 Å². The minimum atomic E-state index is -4.45. The van der Waals surface area contributed by atoms with E-state index in [1.807, 2.05) is 4.90 Å². The molecule has 11 nitrogen and oxygen atoms in total. The van der Waals surface area contributed by atoms with Crippen molar-refractivity contribution in [3.05, 3.63) is 23.7 Å². The molecule has 0 unspecified atom stereocenters. The van der Waals surface area contributed by atoms with Crippen molar-refractivity contribution >= 4 is 34.6 Å². The van der Waals surface area contributed by atoms with Crippen LogP contribution >= 0.6 is 0 Å². The van der Waals surface area contributed by atoms with Gasteiger partial charge in [-0.25, -0.2) is 18.3 Å². The summed E-state index contributed by atoms with van der Waals surface area (Å²) >= 11 is 0. The summed E-state index contributed by atoms with van der Waals surface area (Å²) in [5.41, 5.74) is 2.47. The number of imidazole rings is 1. The van der Waals surface area contributed by atoms with Crippen molar-refractivity contribution in [1.29, 1.82) is 0 Å². The Morgan fingerprint density at radius 1 is 1.19 bits per heavy atom. The first kappa shape index (κ1) is 34.2. The van der Waals surface area contributed by atoms with Gasteiger partial charge in [0.2, 0.25) is 11.8 Å². The minimum absolute atomic E-state index is 0.0415. The maximum atomic E-state index is 14.7. The highest BCUT2D eigenvalue weighted by atomic mass is 19.4. The third kappa shape index (κ3) is 7.47. The monoisotopic (exact) mass is 680 g/mol. The Kier molecular flexibility index (Phi) is 9.73. The molecule has 2 saturated heterocycles. The largest absolute Gasteiger partial charge is 0.393 e. The van der Waals surface area contributed by atoms with Crippen LogP contribution in [0.2, 0.25) is 0 Å². The molecule has 2 aliphatic heterocycles. The highest BCUT2D eigenvalue weighted by molar-refractivity contribution is 6.67. The molecule has 6 rings (SSSR count). The van der Waals surface area contributed by atoms with Crippen molar-refractivity contribution in [2.24, 2.45) is 33.7 Å². The lowest BCUT2D eigenvalue weighted by Gasteiger charge is -2.34. The van der Waals surface area contributed by atoms with Crippen molar-refractivity contribution < 1.29 is 36.3 Å². The highest BCUT2D eigenvalue weighted by Crippen LogP contribution is 2.42. The molecular formula is C32H41F5N8O3. The van der Waals surface area contributed by atoms with Gasteiger partial charge in [0.15, 0.2) is 5.65 Å². The number of aliphatic imine (C=N–C) groups is 2. The molecule has 4 heterocycles. The van der Waals surface area contributed by atoms with Crippen molar-refractivity contribution in [2.45, 2.75) is 69.5 Å². The fourth-order valence-corrected chi connectivity index (χ4v) is 7.21. The van der Waals surface area contributed by atoms with E-state index in [1.165, 1.54) is 11.6 Å². The summed E-state index contributed by atoms with van der Waals surface area (Å²) in [5.74, 6) is -7.01. The maximum Gasteiger partial charge on any atom is 0.393 e. The molecule has 0 spiro atoms. The number of hydrogen-bond donors (Lipinski definition) is 2. The molecule has 4 fully saturated rings. The number of morpholine rings is 1. The summed E-state index contributed by atoms with van der Waals surface area (Å²) in [6.45, 7) is 1.39. The van der Waals surface area contributed by atoms with Crippen LogP contribution in [0.15, 0.2) is 22.2 Å². The minimum Gasteiger partial charge on any atom is -0.378 e. The number of carbonyl (C=O) groups is 2. The second-order valence-electron chi connectivity index (χ2n) is 13.3. The molecule has 0 aromatic carbocycles. The van der Waals surface area contributed by atoms with Crippen LogP contribution in [0.1, 0.15) is 62.4 Å². The third-order valence-electron chi connectivity index (χ3n) is 9.88. The van der Waals surface area contributed by atoms with Crippen molar-refractivity contribution in [1.82, 2.24) is 25.2 Å². The van der Waals surface area contributed by atoms with Gasteiger partial charge >= 0.3 is 6.18 Å². The number of rotatable bonds is 9. The average molecular weight is 681 g/mol. The normalized spacial score (nSPS) is 26.4. The molecule has 2 amide bonds. The molecule has 48 heavy (non-hydrogen) atoms. The number of ether oxygens (including phenoxy) is 1. The maximum absolute atomic E-state index is 14.7. The lowest BCUT2D eigenvalue weighted by atomic mass is 9.80. The molecule has 2 saturated carbocycles. The second kappa shape index (κ2) is 13.7. The highest BCUT2D eigenvalue weighted by Gasteiger charge is 2.45. The van der Waals surface area contributed by atoms with Crippen LogP contribution in [0, 0.1) is 23.7 Å². The molecule has 262 valence electrons. The summed E-state index contributed by atoms with van der Waals surface area (Å²) in [4.78, 5) is 41.7. The van der Waals surface area contributed by atoms with Gasteiger partial charge in [-0.3, -0.25) is 19.6 Å². The molecule has 16 heteroatoms. The van der Waals surface area contributed by atoms with Crippen LogP contribution in [-0.4, -0.2) is 96.9 Å². The van der Waals surface area contributed by atoms with Crippen LogP contribution < -0.4 is 15.5 Å². The standard InChI is InChI=1S/C32H41F5N8O3/c1-38-27(18-5-6-18)28(39-2)30(47)42-26(19-4-3-7-31(33,34)15-19)23-17-45-25(41-23)14-24(44-8-10-48-11-9-44)22(43-45)13-20-12-21(32(35,36)37)16-40-29(20)46/h14,17-21,26H,3-13,15-16H2,1-2H3,(H,40,46)(H,42,47)/t19-,20+,21+,26-/m0/s1. The topological polar surface area (TPSA) is 126 Å². The van der Waals surface area contributed by atoms with Crippen molar-refractivity contribution in [3.8, 4) is 0 Å². The number of amides is 2. The van der Waals surface area contributed by atoms with Gasteiger partial charge in [-0.1, -0.05) is 0 Å². The number of nitrogens with one attached hydrogen (secondary N) is 2. The van der Waals surface area contributed by atoms with E-state index in [9.17, 15) is 31.5 Å². The predicted octanol–water partition coefficient (Wildman–Crippen LogP) is 3.96. The second-order valence-corrected chi connectivity index (χ2v) is 13.3. The summed E-state index contributed by atoms with van der Waals surface area (Å²) in [7, 11) is 3.10. The van der Waals surface area contributed by atoms with E-state index in [1.54, 1.807) is 19.3 Å². The fraction of sp³-hybridized carbons (Fsp3) is 0.688. The number of carbonyl (C=O) groups excluding carboxylic acids is 2. The first-order valence-corrected chi connectivity index (χ1v) is 16.6. The van der Waals surface area contributed by atoms with E-state index in [2.05, 4.69) is 20.6 Å². The summed E-state index contributed by atoms with van der Waals surface area (Å²) < 4.78 is 77.3. The Balaban J connectivity index is 1.36. The van der Waals surface area contributed by atoms with Gasteiger partial charge in [0, 0.05) is 70.9 Å². The first-order valence-electron chi connectivity index (χ1n) is 16.6. The SMILES string of the molecule is CN=C(C(=O)N[C@H](c1cn2nc(C[C@H]3C[C@@H](C(F)(F)F)CNC3=O)c(N3CCOCC3)cc2n1)[C@H]1CCCC(F)(F)C1)C(=NC)C1CC1. The molecule has 2 N–H and O–H groups in total. The van der Waals surface area contributed by atoms with Crippen LogP contribution in [0.4, 0.5) is 27.6 Å². The van der Waals surface area contributed by atoms with E-state index < -0.39 is 60.7 Å². The van der Waals surface area contributed by atoms with E-state index in [0.29, 0.717) is 61.2 Å². The van der Waals surface area contributed by atoms with Gasteiger partial charge < -0.3 is 20.3 Å². The lowest BCUT2D eigenvalue weighted by molar-refractivity contribution is -0.183. The number of nitrogens with zero attached hydrogens (tertiary/aromatic N) is 6. The number of piperidine rings is 1. The zero-order valence-electron chi connectivity index (χ0n) is 27.0. The zero-order chi connectivity index (χ0) is 34.2. The Bertz CT molecular complexity index is 1580. The molecule has 0 radical (unpaired) electrons. The van der Waals surface area contributed by atoms with Gasteiger partial charge in [-0.05, 0) is 38.0 Å². The van der Waals surface area contributed by atoms with Crippen LogP contribution in [0.25, 0.3) is 5.65 Å². The quantitative estimate of drug-likeness (QED) is 0.305. The smallest absolute Gasteiger partial charge is 0.378 e. The molecule has 2 aliphatic carbocycles. The third-order valence-corrected chi connectivity index (χ3v) is 9.88. The number of halogens is 5. The Morgan fingerprint density at radius 2 is 1.94 bits per heavy atom. The first-order chi connectivity index (χ1) is 22.9. The van der Waals surface area contributed by atoms with Crippen LogP contribution in [-0.2, 0) is 20.7 Å². The number of anilines is 1. The molecule has 4 aliphatic rings. The zero-order valence-corrected chi connectivity index (χ0v) is 27.0. The number of fused-ring (bicyclic) bond motifs is 1. The van der Waals surface area contributed by atoms with E-state index in [4.69, 9.17) is 14.8 Å². The van der Waals surface area contributed by atoms with Gasteiger partial charge in [0.25, 0.3) is 5.91 Å². The molecule has 0 bridgehead atoms. The lowest BCUT2D eigenvalue weighted by Crippen LogP contribution is -2.47. The Morgan fingerprint density at radius 3 is 2.58 bits per heavy atom. The Labute approximate surface area is 274 Å². The molecule has 2 aromatic heterocycles. The predicted molar refractivity (Wildman–Crippen MR) is 168 cm³/mol. The molecule has 4 atom stereocenters. The Hall–Kier alpha value is -3.69. The van der Waals surface area contributed by atoms with Gasteiger partial charge in [-0.2, -0.15) is 18.3 Å². The van der Waals surface area contributed by atoms with Gasteiger partial charge in [0.05, 0.1) is 54.2 Å². The molecule has 2 aromatic rings. The number of alkyl halides is 5. The van der Waals surface area contributed by atoms with Crippen LogP contribution in [0.5, 0.6) is 0 Å². The van der Waals surface area contributed by atoms with E-state index in [0.717, 1.165) is 12.8 Å². The fourth-order valence-electron chi connectivity index (χ4n) is 7.21. The van der Waals surface area contributed by atoms with E-state index >= 15 is 0 Å². The summed E-state index contributed by atoms with van der Waals surface area (Å²) in [6, 6.07) is 0.854. The molecular weight excluding hydrogens is 639 g/mol. The van der Waals surface area contributed by atoms with E-state index in [-0.39, 0.29) is 37.3 Å². The van der Waals surface area contributed by atoms with Crippen molar-refractivity contribution in [3.63, 3.8) is 0 Å².